The van der Waals surface area contributed by atoms with E-state index in [-0.39, 0.29) is 24.2 Å². The third-order valence-corrected chi connectivity index (χ3v) is 8.66. The van der Waals surface area contributed by atoms with E-state index < -0.39 is 0 Å². The van der Waals surface area contributed by atoms with Gasteiger partial charge in [0.25, 0.3) is 0 Å². The smallest absolute Gasteiger partial charge is 0.0616 e. The van der Waals surface area contributed by atoms with Gasteiger partial charge in [0.05, 0.1) is 5.48 Å². The van der Waals surface area contributed by atoms with E-state index in [1.54, 1.807) is 0 Å². The molecule has 0 unspecified atom stereocenters. The quantitative estimate of drug-likeness (QED) is 0.153. The highest BCUT2D eigenvalue weighted by Crippen LogP contribution is 2.42. The summed E-state index contributed by atoms with van der Waals surface area (Å²) < 4.78 is 37.8. The van der Waals surface area contributed by atoms with Gasteiger partial charge in [0.1, 0.15) is 0 Å². The van der Waals surface area contributed by atoms with E-state index in [0.29, 0.717) is 16.7 Å². The minimum absolute atomic E-state index is 0.0375. The van der Waals surface area contributed by atoms with Crippen molar-refractivity contribution in [3.05, 3.63) is 158 Å². The molecule has 0 amide bonds. The van der Waals surface area contributed by atoms with Crippen LogP contribution in [-0.2, 0) is 0 Å². The minimum atomic E-state index is -0.0387. The lowest BCUT2D eigenvalue weighted by Gasteiger charge is -2.16. The molecule has 0 N–H and O–H groups in total. The Hall–Kier alpha value is -5.46. The Balaban J connectivity index is 1.39. The molecular formula is C42H26. The fraction of sp³-hybridized carbons (Fsp3) is 0. The molecule has 9 rings (SSSR count). The van der Waals surface area contributed by atoms with Crippen LogP contribution in [0.5, 0.6) is 0 Å². The molecule has 194 valence electrons. The van der Waals surface area contributed by atoms with Crippen molar-refractivity contribution in [2.45, 2.75) is 0 Å². The average molecular weight is 535 g/mol. The third-order valence-electron chi connectivity index (χ3n) is 8.66. The Morgan fingerprint density at radius 3 is 1.67 bits per heavy atom. The van der Waals surface area contributed by atoms with E-state index >= 15 is 0 Å². The normalized spacial score (nSPS) is 13.1. The van der Waals surface area contributed by atoms with Crippen molar-refractivity contribution in [3.8, 4) is 22.3 Å². The topological polar surface area (TPSA) is 0 Å². The third kappa shape index (κ3) is 3.42. The van der Waals surface area contributed by atoms with Gasteiger partial charge in [-0.15, -0.1) is 0 Å². The molecule has 0 nitrogen and oxygen atoms in total. The van der Waals surface area contributed by atoms with Crippen molar-refractivity contribution in [1.29, 1.82) is 0 Å². The van der Waals surface area contributed by atoms with Crippen LogP contribution >= 0.6 is 0 Å². The van der Waals surface area contributed by atoms with Crippen LogP contribution in [0.15, 0.2) is 158 Å². The molecular weight excluding hydrogens is 504 g/mol. The van der Waals surface area contributed by atoms with Crippen LogP contribution in [0.3, 0.4) is 0 Å². The summed E-state index contributed by atoms with van der Waals surface area (Å²) in [5, 5.41) is 12.4. The SMILES string of the molecule is [2H]c1c([2H])c(-c2cc3ccc4ccccc4c3c3ccccc23)c([2H])c([2H])c1-c1c2ccccc2cc2c1ccc1ccccc12. The molecule has 42 heavy (non-hydrogen) atoms. The van der Waals surface area contributed by atoms with Crippen LogP contribution in [0.25, 0.3) is 86.9 Å². The summed E-state index contributed by atoms with van der Waals surface area (Å²) in [5.41, 5.74) is 2.08. The molecule has 0 aliphatic heterocycles. The molecule has 0 spiro atoms. The van der Waals surface area contributed by atoms with E-state index in [1.165, 1.54) is 0 Å². The van der Waals surface area contributed by atoms with Crippen molar-refractivity contribution >= 4 is 64.6 Å². The first-order valence-corrected chi connectivity index (χ1v) is 14.3. The molecule has 9 aromatic rings. The zero-order valence-electron chi connectivity index (χ0n) is 26.7. The largest absolute Gasteiger partial charge is 0.0629 e. The number of rotatable bonds is 2. The van der Waals surface area contributed by atoms with Gasteiger partial charge in [-0.2, -0.15) is 0 Å². The van der Waals surface area contributed by atoms with Crippen molar-refractivity contribution in [3.63, 3.8) is 0 Å². The van der Waals surface area contributed by atoms with Gasteiger partial charge in [0.2, 0.25) is 0 Å². The van der Waals surface area contributed by atoms with Crippen LogP contribution in [0, 0.1) is 0 Å². The Morgan fingerprint density at radius 1 is 0.333 bits per heavy atom. The number of fused-ring (bicyclic) bond motifs is 9. The molecule has 0 heterocycles. The summed E-state index contributed by atoms with van der Waals surface area (Å²) >= 11 is 0. The molecule has 0 bridgehead atoms. The van der Waals surface area contributed by atoms with Gasteiger partial charge in [-0.05, 0) is 99.0 Å². The van der Waals surface area contributed by atoms with Crippen molar-refractivity contribution in [2.24, 2.45) is 0 Å². The van der Waals surface area contributed by atoms with Gasteiger partial charge < -0.3 is 0 Å². The van der Waals surface area contributed by atoms with Crippen LogP contribution in [0.2, 0.25) is 0 Å². The molecule has 0 aliphatic rings. The van der Waals surface area contributed by atoms with Crippen molar-refractivity contribution < 1.29 is 5.48 Å². The summed E-state index contributed by atoms with van der Waals surface area (Å²) in [7, 11) is 0. The Kier molecular flexibility index (Phi) is 4.21. The fourth-order valence-corrected chi connectivity index (χ4v) is 6.75. The lowest BCUT2D eigenvalue weighted by atomic mass is 9.88. The van der Waals surface area contributed by atoms with Crippen LogP contribution in [0.4, 0.5) is 0 Å². The minimum Gasteiger partial charge on any atom is -0.0616 e. The van der Waals surface area contributed by atoms with Crippen molar-refractivity contribution in [2.75, 3.05) is 0 Å². The first-order chi connectivity index (χ1) is 22.5. The average Bonchev–Trinajstić information content (AvgIpc) is 3.10. The standard InChI is InChI=1S/C42H26/c1-4-12-33-27(9-1)23-24-38-40(33)25-31-11-3-6-14-35(31)41(38)30-20-17-29(18-21-30)39-26-32-22-19-28-10-2-5-13-34(28)42(32)37-16-8-7-15-36(37)39/h1-26H/i17D,18D,20D,21D. The molecule has 0 aliphatic carbocycles. The van der Waals surface area contributed by atoms with E-state index in [2.05, 4.69) is 66.7 Å². The Bertz CT molecular complexity index is 2710. The maximum absolute atomic E-state index is 9.46. The Morgan fingerprint density at radius 2 is 0.881 bits per heavy atom. The van der Waals surface area contributed by atoms with Gasteiger partial charge in [-0.25, -0.2) is 0 Å². The fourth-order valence-electron chi connectivity index (χ4n) is 6.75. The van der Waals surface area contributed by atoms with Crippen molar-refractivity contribution in [1.82, 2.24) is 0 Å². The van der Waals surface area contributed by atoms with Crippen LogP contribution < -0.4 is 0 Å². The summed E-state index contributed by atoms with van der Waals surface area (Å²) in [4.78, 5) is 0. The lowest BCUT2D eigenvalue weighted by Crippen LogP contribution is -1.89. The maximum Gasteiger partial charge on any atom is 0.0629 e. The Labute approximate surface area is 249 Å². The summed E-state index contributed by atoms with van der Waals surface area (Å²) in [6.07, 6.45) is 0. The summed E-state index contributed by atoms with van der Waals surface area (Å²) in [5.74, 6) is 0. The maximum atomic E-state index is 9.46. The van der Waals surface area contributed by atoms with Gasteiger partial charge in [-0.3, -0.25) is 0 Å². The summed E-state index contributed by atoms with van der Waals surface area (Å²) in [6.45, 7) is 0. The highest BCUT2D eigenvalue weighted by atomic mass is 14.2. The van der Waals surface area contributed by atoms with Gasteiger partial charge in [0, 0.05) is 0 Å². The number of hydrogen-bond acceptors (Lipinski definition) is 0. The second kappa shape index (κ2) is 9.03. The first-order valence-electron chi connectivity index (χ1n) is 16.3. The van der Waals surface area contributed by atoms with E-state index in [4.69, 9.17) is 0 Å². The molecule has 0 radical (unpaired) electrons. The second-order valence-electron chi connectivity index (χ2n) is 11.0. The number of benzene rings is 9. The molecule has 0 saturated heterocycles. The molecule has 0 atom stereocenters. The van der Waals surface area contributed by atoms with E-state index in [1.807, 2.05) is 66.7 Å². The number of hydrogen-bond donors (Lipinski definition) is 0. The molecule has 9 aromatic carbocycles. The monoisotopic (exact) mass is 534 g/mol. The zero-order valence-corrected chi connectivity index (χ0v) is 22.7. The zero-order chi connectivity index (χ0) is 31.1. The molecule has 0 aromatic heterocycles. The van der Waals surface area contributed by atoms with Crippen LogP contribution in [-0.4, -0.2) is 0 Å². The van der Waals surface area contributed by atoms with Gasteiger partial charge >= 0.3 is 0 Å². The summed E-state index contributed by atoms with van der Waals surface area (Å²) in [6, 6.07) is 45.1. The highest BCUT2D eigenvalue weighted by Gasteiger charge is 2.14. The van der Waals surface area contributed by atoms with Gasteiger partial charge in [-0.1, -0.05) is 145 Å². The van der Waals surface area contributed by atoms with E-state index in [0.717, 1.165) is 70.2 Å². The molecule has 0 heteroatoms. The van der Waals surface area contributed by atoms with Gasteiger partial charge in [0.15, 0.2) is 0 Å². The van der Waals surface area contributed by atoms with Crippen LogP contribution in [0.1, 0.15) is 5.48 Å². The predicted molar refractivity (Wildman–Crippen MR) is 182 cm³/mol. The van der Waals surface area contributed by atoms with E-state index in [9.17, 15) is 5.48 Å². The molecule has 0 fully saturated rings. The molecule has 0 saturated carbocycles. The predicted octanol–water partition coefficient (Wildman–Crippen LogP) is 11.9. The highest BCUT2D eigenvalue weighted by molar-refractivity contribution is 6.23. The second-order valence-corrected chi connectivity index (χ2v) is 11.0. The lowest BCUT2D eigenvalue weighted by molar-refractivity contribution is 1.65. The first kappa shape index (κ1) is 19.6.